The summed E-state index contributed by atoms with van der Waals surface area (Å²) in [6.07, 6.45) is 1.55. The first-order valence-electron chi connectivity index (χ1n) is 9.75. The number of rotatable bonds is 6. The van der Waals surface area contributed by atoms with Crippen LogP contribution in [0.2, 0.25) is 0 Å². The van der Waals surface area contributed by atoms with Crippen LogP contribution in [0.4, 0.5) is 5.69 Å². The molecule has 2 aromatic rings. The van der Waals surface area contributed by atoms with Crippen LogP contribution in [0.1, 0.15) is 28.6 Å². The van der Waals surface area contributed by atoms with Gasteiger partial charge in [0.25, 0.3) is 5.91 Å². The van der Waals surface area contributed by atoms with Gasteiger partial charge in [-0.15, -0.1) is 0 Å². The number of hydrogen-bond acceptors (Lipinski definition) is 7. The Morgan fingerprint density at radius 3 is 2.63 bits per heavy atom. The Morgan fingerprint density at radius 1 is 1.17 bits per heavy atom. The lowest BCUT2D eigenvalue weighted by Crippen LogP contribution is -2.43. The average Bonchev–Trinajstić information content (AvgIpc) is 3.37. The van der Waals surface area contributed by atoms with Crippen LogP contribution in [0.5, 0.6) is 0 Å². The molecule has 30 heavy (non-hydrogen) atoms. The van der Waals surface area contributed by atoms with Crippen LogP contribution in [0.25, 0.3) is 0 Å². The first kappa shape index (κ1) is 20.6. The van der Waals surface area contributed by atoms with E-state index in [0.717, 1.165) is 23.2 Å². The fourth-order valence-corrected chi connectivity index (χ4v) is 5.16. The molecule has 0 bridgehead atoms. The predicted molar refractivity (Wildman–Crippen MR) is 109 cm³/mol. The molecule has 1 aromatic carbocycles. The Hall–Kier alpha value is -2.69. The second-order valence-corrected chi connectivity index (χ2v) is 9.10. The van der Waals surface area contributed by atoms with E-state index >= 15 is 0 Å². The molecule has 4 rings (SSSR count). The van der Waals surface area contributed by atoms with Crippen LogP contribution >= 0.6 is 0 Å². The normalized spacial score (nSPS) is 20.3. The van der Waals surface area contributed by atoms with Gasteiger partial charge in [0.05, 0.1) is 37.0 Å². The van der Waals surface area contributed by atoms with Gasteiger partial charge in [0.2, 0.25) is 15.9 Å². The standard InChI is InChI=1S/C20H23N3O6S/c24-19-6-12-30(26,27)23(19)16-4-1-3-15(13-16)20(25)21-14-17(18-5-2-9-29-18)22-7-10-28-11-8-22/h1-5,9,13,17H,6-8,10-12,14H2,(H,21,25)/t17-/m1/s1. The maximum atomic E-state index is 12.8. The number of hydrogen-bond donors (Lipinski definition) is 1. The first-order chi connectivity index (χ1) is 14.5. The van der Waals surface area contributed by atoms with Gasteiger partial charge < -0.3 is 14.5 Å². The van der Waals surface area contributed by atoms with Crippen molar-refractivity contribution in [2.45, 2.75) is 12.5 Å². The molecule has 10 heteroatoms. The maximum Gasteiger partial charge on any atom is 0.251 e. The van der Waals surface area contributed by atoms with E-state index in [1.807, 2.05) is 12.1 Å². The summed E-state index contributed by atoms with van der Waals surface area (Å²) in [6, 6.07) is 9.62. The van der Waals surface area contributed by atoms with Crippen molar-refractivity contribution in [1.82, 2.24) is 10.2 Å². The molecule has 0 unspecified atom stereocenters. The Morgan fingerprint density at radius 2 is 1.97 bits per heavy atom. The van der Waals surface area contributed by atoms with E-state index in [1.54, 1.807) is 18.4 Å². The number of carbonyl (C=O) groups is 2. The van der Waals surface area contributed by atoms with Crippen molar-refractivity contribution in [3.63, 3.8) is 0 Å². The van der Waals surface area contributed by atoms with Crippen molar-refractivity contribution in [3.05, 3.63) is 54.0 Å². The Bertz CT molecular complexity index is 1010. The number of furan rings is 1. The Balaban J connectivity index is 1.49. The number of sulfonamides is 1. The van der Waals surface area contributed by atoms with E-state index in [2.05, 4.69) is 10.2 Å². The van der Waals surface area contributed by atoms with Gasteiger partial charge in [-0.3, -0.25) is 14.5 Å². The second-order valence-electron chi connectivity index (χ2n) is 7.16. The number of morpholine rings is 1. The molecule has 0 aliphatic carbocycles. The number of nitrogens with zero attached hydrogens (tertiary/aromatic N) is 2. The van der Waals surface area contributed by atoms with Gasteiger partial charge >= 0.3 is 0 Å². The molecule has 2 saturated heterocycles. The Kier molecular flexibility index (Phi) is 5.89. The zero-order valence-corrected chi connectivity index (χ0v) is 17.1. The highest BCUT2D eigenvalue weighted by Gasteiger charge is 2.36. The average molecular weight is 433 g/mol. The van der Waals surface area contributed by atoms with Crippen LogP contribution in [-0.2, 0) is 19.6 Å². The minimum atomic E-state index is -3.68. The molecular formula is C20H23N3O6S. The number of carbonyl (C=O) groups excluding carboxylic acids is 2. The van der Waals surface area contributed by atoms with Crippen LogP contribution in [-0.4, -0.2) is 63.7 Å². The quantitative estimate of drug-likeness (QED) is 0.728. The van der Waals surface area contributed by atoms with Gasteiger partial charge in [0.15, 0.2) is 0 Å². The number of ether oxygens (including phenoxy) is 1. The number of benzene rings is 1. The maximum absolute atomic E-state index is 12.8. The molecular weight excluding hydrogens is 410 g/mol. The molecule has 2 aliphatic rings. The number of nitrogens with one attached hydrogen (secondary N) is 1. The fourth-order valence-electron chi connectivity index (χ4n) is 3.71. The van der Waals surface area contributed by atoms with Crippen LogP contribution in [0.15, 0.2) is 47.1 Å². The lowest BCUT2D eigenvalue weighted by Gasteiger charge is -2.33. The summed E-state index contributed by atoms with van der Waals surface area (Å²) in [4.78, 5) is 27.0. The first-order valence-corrected chi connectivity index (χ1v) is 11.4. The van der Waals surface area contributed by atoms with Crippen LogP contribution in [0, 0.1) is 0 Å². The number of anilines is 1. The second kappa shape index (κ2) is 8.58. The summed E-state index contributed by atoms with van der Waals surface area (Å²) in [5.74, 6) is -0.310. The van der Waals surface area contributed by atoms with Crippen molar-refractivity contribution < 1.29 is 27.2 Å². The summed E-state index contributed by atoms with van der Waals surface area (Å²) >= 11 is 0. The van der Waals surface area contributed by atoms with E-state index in [-0.39, 0.29) is 35.4 Å². The van der Waals surface area contributed by atoms with E-state index in [0.29, 0.717) is 19.8 Å². The van der Waals surface area contributed by atoms with E-state index in [9.17, 15) is 18.0 Å². The van der Waals surface area contributed by atoms with Gasteiger partial charge in [-0.05, 0) is 30.3 Å². The van der Waals surface area contributed by atoms with Gasteiger partial charge in [-0.25, -0.2) is 12.7 Å². The zero-order valence-electron chi connectivity index (χ0n) is 16.3. The summed E-state index contributed by atoms with van der Waals surface area (Å²) in [6.45, 7) is 3.01. The highest BCUT2D eigenvalue weighted by atomic mass is 32.2. The Labute approximate surface area is 174 Å². The third-order valence-electron chi connectivity index (χ3n) is 5.24. The molecule has 9 nitrogen and oxygen atoms in total. The topological polar surface area (TPSA) is 109 Å². The summed E-state index contributed by atoms with van der Waals surface area (Å²) in [5.41, 5.74) is 0.462. The van der Waals surface area contributed by atoms with Gasteiger partial charge in [0, 0.05) is 31.6 Å². The molecule has 2 amide bonds. The van der Waals surface area contributed by atoms with Crippen LogP contribution < -0.4 is 9.62 Å². The highest BCUT2D eigenvalue weighted by molar-refractivity contribution is 7.94. The van der Waals surface area contributed by atoms with Crippen molar-refractivity contribution in [2.24, 2.45) is 0 Å². The summed E-state index contributed by atoms with van der Waals surface area (Å²) in [7, 11) is -3.68. The van der Waals surface area contributed by atoms with Gasteiger partial charge in [0.1, 0.15) is 5.76 Å². The third kappa shape index (κ3) is 4.25. The van der Waals surface area contributed by atoms with Gasteiger partial charge in [-0.1, -0.05) is 6.07 Å². The SMILES string of the molecule is O=C(NC[C@H](c1ccco1)N1CCOCC1)c1cccc(N2C(=O)CCS2(=O)=O)c1. The molecule has 160 valence electrons. The zero-order chi connectivity index (χ0) is 21.1. The molecule has 1 aromatic heterocycles. The lowest BCUT2D eigenvalue weighted by molar-refractivity contribution is -0.116. The van der Waals surface area contributed by atoms with Crippen molar-refractivity contribution >= 4 is 27.5 Å². The molecule has 1 N–H and O–H groups in total. The predicted octanol–water partition coefficient (Wildman–Crippen LogP) is 1.15. The molecule has 0 spiro atoms. The molecule has 2 fully saturated rings. The molecule has 3 heterocycles. The molecule has 0 saturated carbocycles. The molecule has 2 aliphatic heterocycles. The van der Waals surface area contributed by atoms with Gasteiger partial charge in [-0.2, -0.15) is 0 Å². The van der Waals surface area contributed by atoms with E-state index < -0.39 is 15.9 Å². The molecule has 1 atom stereocenters. The molecule has 0 radical (unpaired) electrons. The van der Waals surface area contributed by atoms with Crippen molar-refractivity contribution in [2.75, 3.05) is 42.9 Å². The van der Waals surface area contributed by atoms with Crippen molar-refractivity contribution in [1.29, 1.82) is 0 Å². The summed E-state index contributed by atoms with van der Waals surface area (Å²) in [5, 5.41) is 2.90. The highest BCUT2D eigenvalue weighted by Crippen LogP contribution is 2.26. The van der Waals surface area contributed by atoms with Crippen LogP contribution in [0.3, 0.4) is 0 Å². The fraction of sp³-hybridized carbons (Fsp3) is 0.400. The summed E-state index contributed by atoms with van der Waals surface area (Å²) < 4.78 is 36.1. The van der Waals surface area contributed by atoms with E-state index in [4.69, 9.17) is 9.15 Å². The lowest BCUT2D eigenvalue weighted by atomic mass is 10.1. The minimum Gasteiger partial charge on any atom is -0.468 e. The smallest absolute Gasteiger partial charge is 0.251 e. The van der Waals surface area contributed by atoms with E-state index in [1.165, 1.54) is 12.1 Å². The van der Waals surface area contributed by atoms with Crippen molar-refractivity contribution in [3.8, 4) is 0 Å². The third-order valence-corrected chi connectivity index (χ3v) is 6.93. The monoisotopic (exact) mass is 433 g/mol. The largest absolute Gasteiger partial charge is 0.468 e. The number of amides is 2. The minimum absolute atomic E-state index is 0.0524.